The molecule has 0 fully saturated rings. The predicted octanol–water partition coefficient (Wildman–Crippen LogP) is 12.8. The van der Waals surface area contributed by atoms with Crippen LogP contribution in [-0.2, 0) is 0 Å². The summed E-state index contributed by atoms with van der Waals surface area (Å²) in [4.78, 5) is 7.55. The van der Waals surface area contributed by atoms with Gasteiger partial charge in [-0.2, -0.15) is 0 Å². The Bertz CT molecular complexity index is 2830. The number of fused-ring (bicyclic) bond motifs is 7. The number of aromatic nitrogens is 1. The van der Waals surface area contributed by atoms with E-state index in [4.69, 9.17) is 13.8 Å². The van der Waals surface area contributed by atoms with E-state index >= 15 is 0 Å². The van der Waals surface area contributed by atoms with Crippen LogP contribution in [0.3, 0.4) is 0 Å². The minimum absolute atomic E-state index is 0.566. The summed E-state index contributed by atoms with van der Waals surface area (Å²) in [5.74, 6) is 0.566. The first kappa shape index (κ1) is 27.5. The van der Waals surface area contributed by atoms with E-state index in [1.54, 1.807) is 0 Å². The molecule has 0 saturated heterocycles. The lowest BCUT2D eigenvalue weighted by Gasteiger charge is -2.27. The molecule has 0 spiro atoms. The summed E-state index contributed by atoms with van der Waals surface area (Å²) in [6.45, 7) is 0. The van der Waals surface area contributed by atoms with E-state index < -0.39 is 0 Å². The fraction of sp³-hybridized carbons (Fsp3) is 0. The lowest BCUT2D eigenvalue weighted by atomic mass is 10.00. The van der Waals surface area contributed by atoms with Crippen LogP contribution in [0.2, 0.25) is 0 Å². The fourth-order valence-corrected chi connectivity index (χ4v) is 7.17. The number of furan rings is 1. The second-order valence-corrected chi connectivity index (χ2v) is 12.4. The minimum Gasteiger partial charge on any atom is -0.456 e. The molecule has 49 heavy (non-hydrogen) atoms. The van der Waals surface area contributed by atoms with Gasteiger partial charge in [0.05, 0.1) is 11.1 Å². The van der Waals surface area contributed by atoms with Crippen LogP contribution in [0.5, 0.6) is 0 Å². The van der Waals surface area contributed by atoms with Crippen LogP contribution >= 0.6 is 0 Å². The summed E-state index contributed by atoms with van der Waals surface area (Å²) in [7, 11) is 0. The molecule has 10 rings (SSSR count). The van der Waals surface area contributed by atoms with Gasteiger partial charge in [-0.15, -0.1) is 0 Å². The molecule has 0 aliphatic heterocycles. The van der Waals surface area contributed by atoms with Crippen molar-refractivity contribution in [3.63, 3.8) is 0 Å². The van der Waals surface area contributed by atoms with Gasteiger partial charge < -0.3 is 13.7 Å². The van der Waals surface area contributed by atoms with Crippen molar-refractivity contribution < 1.29 is 8.83 Å². The lowest BCUT2D eigenvalue weighted by Crippen LogP contribution is -2.11. The molecule has 0 bridgehead atoms. The number of benzene rings is 8. The van der Waals surface area contributed by atoms with Crippen LogP contribution < -0.4 is 4.90 Å². The Hall–Kier alpha value is -6.65. The zero-order valence-corrected chi connectivity index (χ0v) is 26.4. The first-order valence-corrected chi connectivity index (χ1v) is 16.5. The summed E-state index contributed by atoms with van der Waals surface area (Å²) in [6, 6.07) is 59.2. The van der Waals surface area contributed by atoms with Crippen LogP contribution in [0.15, 0.2) is 179 Å². The summed E-state index contributed by atoms with van der Waals surface area (Å²) in [6.07, 6.45) is 0. The number of hydrogen-bond donors (Lipinski definition) is 0. The SMILES string of the molecule is c1ccc(-c2cccc(N(c3ccc4c(ccc5ccccc54)c3)c3c4nc(-c5ccccc5)oc4cc4oc5ccccc5c34)c2)cc1. The van der Waals surface area contributed by atoms with Crippen LogP contribution in [-0.4, -0.2) is 4.98 Å². The maximum Gasteiger partial charge on any atom is 0.227 e. The van der Waals surface area contributed by atoms with Crippen molar-refractivity contribution >= 4 is 71.6 Å². The molecule has 0 radical (unpaired) electrons. The van der Waals surface area contributed by atoms with Crippen molar-refractivity contribution in [3.05, 3.63) is 170 Å². The first-order valence-electron chi connectivity index (χ1n) is 16.5. The summed E-state index contributed by atoms with van der Waals surface area (Å²) in [5, 5.41) is 6.84. The Labute approximate surface area is 282 Å². The van der Waals surface area contributed by atoms with Crippen molar-refractivity contribution in [1.82, 2.24) is 4.98 Å². The summed E-state index contributed by atoms with van der Waals surface area (Å²) >= 11 is 0. The number of hydrogen-bond acceptors (Lipinski definition) is 4. The van der Waals surface area contributed by atoms with E-state index in [1.165, 1.54) is 16.2 Å². The summed E-state index contributed by atoms with van der Waals surface area (Å²) < 4.78 is 13.1. The molecule has 0 aliphatic rings. The van der Waals surface area contributed by atoms with Crippen LogP contribution in [0, 0.1) is 0 Å². The van der Waals surface area contributed by atoms with Crippen LogP contribution in [0.25, 0.3) is 77.2 Å². The third-order valence-corrected chi connectivity index (χ3v) is 9.44. The quantitative estimate of drug-likeness (QED) is 0.178. The maximum atomic E-state index is 6.54. The molecule has 10 aromatic rings. The number of nitrogens with zero attached hydrogens (tertiary/aromatic N) is 2. The van der Waals surface area contributed by atoms with Crippen molar-refractivity contribution in [3.8, 4) is 22.6 Å². The first-order chi connectivity index (χ1) is 24.3. The molecule has 2 aromatic heterocycles. The van der Waals surface area contributed by atoms with E-state index in [-0.39, 0.29) is 0 Å². The van der Waals surface area contributed by atoms with Crippen molar-refractivity contribution in [2.75, 3.05) is 4.90 Å². The smallest absolute Gasteiger partial charge is 0.227 e. The fourth-order valence-electron chi connectivity index (χ4n) is 7.17. The zero-order chi connectivity index (χ0) is 32.3. The second kappa shape index (κ2) is 11.0. The second-order valence-electron chi connectivity index (χ2n) is 12.4. The van der Waals surface area contributed by atoms with Crippen molar-refractivity contribution in [2.24, 2.45) is 0 Å². The monoisotopic (exact) mass is 628 g/mol. The molecule has 4 heteroatoms. The Morgan fingerprint density at radius 3 is 1.94 bits per heavy atom. The van der Waals surface area contributed by atoms with E-state index in [1.807, 2.05) is 48.5 Å². The topological polar surface area (TPSA) is 42.4 Å². The third kappa shape index (κ3) is 4.49. The highest BCUT2D eigenvalue weighted by molar-refractivity contribution is 6.21. The van der Waals surface area contributed by atoms with Crippen LogP contribution in [0.1, 0.15) is 0 Å². The Kier molecular flexibility index (Phi) is 6.15. The summed E-state index contributed by atoms with van der Waals surface area (Å²) in [5.41, 5.74) is 9.11. The molecule has 4 nitrogen and oxygen atoms in total. The molecule has 0 amide bonds. The standard InChI is InChI=1S/C45H28N2O2/c1-3-12-29(13-4-1)32-17-11-18-34(26-32)47(35-24-25-37-33(27-35)23-22-30-14-7-8-19-36(30)37)44-42-38-20-9-10-21-39(38)48-40(42)28-41-43(44)46-45(49-41)31-15-5-2-6-16-31/h1-28H. The molecule has 0 saturated carbocycles. The molecule has 0 unspecified atom stereocenters. The van der Waals surface area contributed by atoms with Gasteiger partial charge >= 0.3 is 0 Å². The van der Waals surface area contributed by atoms with E-state index in [0.717, 1.165) is 66.6 Å². The highest BCUT2D eigenvalue weighted by atomic mass is 16.4. The Morgan fingerprint density at radius 2 is 1.08 bits per heavy atom. The molecule has 230 valence electrons. The average Bonchev–Trinajstić information content (AvgIpc) is 3.77. The minimum atomic E-state index is 0.566. The van der Waals surface area contributed by atoms with Gasteiger partial charge in [-0.3, -0.25) is 0 Å². The van der Waals surface area contributed by atoms with Crippen molar-refractivity contribution in [2.45, 2.75) is 0 Å². The molecule has 0 N–H and O–H groups in total. The number of oxazole rings is 1. The van der Waals surface area contributed by atoms with E-state index in [0.29, 0.717) is 11.5 Å². The van der Waals surface area contributed by atoms with Gasteiger partial charge in [0.1, 0.15) is 16.7 Å². The molecule has 2 heterocycles. The van der Waals surface area contributed by atoms with Crippen molar-refractivity contribution in [1.29, 1.82) is 0 Å². The molecular formula is C45H28N2O2. The molecular weight excluding hydrogens is 601 g/mol. The van der Waals surface area contributed by atoms with Gasteiger partial charge in [-0.25, -0.2) is 4.98 Å². The van der Waals surface area contributed by atoms with E-state index in [2.05, 4.69) is 126 Å². The predicted molar refractivity (Wildman–Crippen MR) is 202 cm³/mol. The third-order valence-electron chi connectivity index (χ3n) is 9.44. The lowest BCUT2D eigenvalue weighted by molar-refractivity contribution is 0.617. The van der Waals surface area contributed by atoms with Crippen LogP contribution in [0.4, 0.5) is 17.1 Å². The number of para-hydroxylation sites is 1. The number of anilines is 3. The zero-order valence-electron chi connectivity index (χ0n) is 26.4. The van der Waals surface area contributed by atoms with Gasteiger partial charge in [0, 0.05) is 28.4 Å². The highest BCUT2D eigenvalue weighted by Crippen LogP contribution is 2.48. The van der Waals surface area contributed by atoms with Gasteiger partial charge in [0.15, 0.2) is 5.58 Å². The highest BCUT2D eigenvalue weighted by Gasteiger charge is 2.26. The number of rotatable bonds is 5. The molecule has 0 atom stereocenters. The Balaban J connectivity index is 1.31. The van der Waals surface area contributed by atoms with Gasteiger partial charge in [0.2, 0.25) is 5.89 Å². The van der Waals surface area contributed by atoms with Gasteiger partial charge in [-0.1, -0.05) is 121 Å². The van der Waals surface area contributed by atoms with Gasteiger partial charge in [-0.05, 0) is 75.1 Å². The normalized spacial score (nSPS) is 11.7. The Morgan fingerprint density at radius 1 is 0.408 bits per heavy atom. The average molecular weight is 629 g/mol. The maximum absolute atomic E-state index is 6.54. The van der Waals surface area contributed by atoms with E-state index in [9.17, 15) is 0 Å². The largest absolute Gasteiger partial charge is 0.456 e. The molecule has 8 aromatic carbocycles. The molecule has 0 aliphatic carbocycles. The van der Waals surface area contributed by atoms with Gasteiger partial charge in [0.25, 0.3) is 0 Å².